The molecule has 0 radical (unpaired) electrons. The first-order valence-corrected chi connectivity index (χ1v) is 12.2. The number of carbonyl (C=O) groups is 2. The Kier molecular flexibility index (Phi) is 8.98. The molecule has 38 heavy (non-hydrogen) atoms. The molecule has 2 aromatic rings. The number of carbonyl (C=O) groups excluding carboxylic acids is 2. The highest BCUT2D eigenvalue weighted by Crippen LogP contribution is 2.41. The van der Waals surface area contributed by atoms with Crippen LogP contribution in [0.4, 0.5) is 13.2 Å². The van der Waals surface area contributed by atoms with E-state index in [-0.39, 0.29) is 41.9 Å². The van der Waals surface area contributed by atoms with Gasteiger partial charge in [-0.25, -0.2) is 18.0 Å². The Morgan fingerprint density at radius 1 is 1.24 bits per heavy atom. The number of ether oxygens (including phenoxy) is 1. The van der Waals surface area contributed by atoms with Gasteiger partial charge in [0.2, 0.25) is 5.91 Å². The Hall–Kier alpha value is -3.66. The number of halogens is 3. The van der Waals surface area contributed by atoms with E-state index < -0.39 is 29.3 Å². The van der Waals surface area contributed by atoms with Crippen LogP contribution in [0.5, 0.6) is 0 Å². The Balaban J connectivity index is 2.15. The van der Waals surface area contributed by atoms with Crippen molar-refractivity contribution in [2.75, 3.05) is 13.7 Å². The van der Waals surface area contributed by atoms with Gasteiger partial charge in [0.25, 0.3) is 0 Å². The number of fused-ring (bicyclic) bond motifs is 1. The number of nitrogens with one attached hydrogen (secondary N) is 1. The molecule has 1 amide bonds. The Labute approximate surface area is 220 Å². The van der Waals surface area contributed by atoms with Gasteiger partial charge in [0.1, 0.15) is 17.3 Å². The van der Waals surface area contributed by atoms with Crippen molar-refractivity contribution in [3.63, 3.8) is 0 Å². The lowest BCUT2D eigenvalue weighted by molar-refractivity contribution is -0.134. The molecule has 2 atom stereocenters. The van der Waals surface area contributed by atoms with Crippen LogP contribution >= 0.6 is 0 Å². The molecule has 2 aromatic carbocycles. The van der Waals surface area contributed by atoms with Gasteiger partial charge < -0.3 is 15.3 Å². The van der Waals surface area contributed by atoms with Crippen LogP contribution in [0.15, 0.2) is 41.6 Å². The second kappa shape index (κ2) is 11.8. The van der Waals surface area contributed by atoms with Crippen molar-refractivity contribution >= 4 is 23.8 Å². The fraction of sp³-hybridized carbons (Fsp3) is 0.393. The van der Waals surface area contributed by atoms with Gasteiger partial charge in [0.05, 0.1) is 13.2 Å². The standard InChI is InChI=1S/C28H32F3N3O4/c1-6-23(35)32-27(33-37)18-8-9-20-19(14-18)11-16(2)34(15-28(3,4)31)26(20)25-21(29)12-17(13-22(25)30)7-10-24(36)38-5/h7-10,12-14,16,26,37H,6,11,15H2,1-5H3,(H,32,33,35)/b10-7+. The van der Waals surface area contributed by atoms with Crippen LogP contribution in [0.2, 0.25) is 0 Å². The van der Waals surface area contributed by atoms with Crippen molar-refractivity contribution < 1.29 is 32.7 Å². The molecule has 0 aromatic heterocycles. The molecular weight excluding hydrogens is 499 g/mol. The second-order valence-corrected chi connectivity index (χ2v) is 9.87. The summed E-state index contributed by atoms with van der Waals surface area (Å²) >= 11 is 0. The summed E-state index contributed by atoms with van der Waals surface area (Å²) in [5.41, 5.74) is -0.0789. The van der Waals surface area contributed by atoms with E-state index >= 15 is 8.78 Å². The monoisotopic (exact) mass is 531 g/mol. The van der Waals surface area contributed by atoms with Crippen LogP contribution in [0.3, 0.4) is 0 Å². The van der Waals surface area contributed by atoms with Gasteiger partial charge in [-0.3, -0.25) is 9.69 Å². The van der Waals surface area contributed by atoms with Gasteiger partial charge in [-0.1, -0.05) is 24.2 Å². The van der Waals surface area contributed by atoms with E-state index in [1.807, 2.05) is 6.92 Å². The maximum Gasteiger partial charge on any atom is 0.330 e. The number of alkyl halides is 1. The lowest BCUT2D eigenvalue weighted by Crippen LogP contribution is -2.48. The largest absolute Gasteiger partial charge is 0.466 e. The van der Waals surface area contributed by atoms with Gasteiger partial charge in [-0.2, -0.15) is 0 Å². The van der Waals surface area contributed by atoms with Gasteiger partial charge in [-0.05, 0) is 68.2 Å². The summed E-state index contributed by atoms with van der Waals surface area (Å²) in [6, 6.07) is 5.88. The molecule has 0 saturated carbocycles. The quantitative estimate of drug-likeness (QED) is 0.133. The first-order valence-electron chi connectivity index (χ1n) is 12.2. The molecule has 10 heteroatoms. The highest BCUT2D eigenvalue weighted by molar-refractivity contribution is 6.07. The van der Waals surface area contributed by atoms with E-state index in [1.54, 1.807) is 30.0 Å². The molecular formula is C28H32F3N3O4. The zero-order valence-electron chi connectivity index (χ0n) is 22.0. The summed E-state index contributed by atoms with van der Waals surface area (Å²) in [7, 11) is 1.19. The van der Waals surface area contributed by atoms with Crippen LogP contribution in [-0.2, 0) is 20.7 Å². The zero-order valence-corrected chi connectivity index (χ0v) is 22.0. The number of nitrogens with zero attached hydrogens (tertiary/aromatic N) is 2. The topological polar surface area (TPSA) is 91.2 Å². The number of benzene rings is 2. The molecule has 2 unspecified atom stereocenters. The summed E-state index contributed by atoms with van der Waals surface area (Å²) in [6.07, 6.45) is 2.91. The van der Waals surface area contributed by atoms with Crippen molar-refractivity contribution in [3.8, 4) is 0 Å². The molecule has 7 nitrogen and oxygen atoms in total. The average Bonchev–Trinajstić information content (AvgIpc) is 2.85. The maximum atomic E-state index is 15.6. The summed E-state index contributed by atoms with van der Waals surface area (Å²) in [5, 5.41) is 15.2. The molecule has 1 aliphatic rings. The number of amides is 1. The van der Waals surface area contributed by atoms with Crippen LogP contribution in [-0.4, -0.2) is 53.2 Å². The third kappa shape index (κ3) is 6.61. The van der Waals surface area contributed by atoms with Gasteiger partial charge in [0.15, 0.2) is 5.84 Å². The molecule has 0 fully saturated rings. The first kappa shape index (κ1) is 28.9. The van der Waals surface area contributed by atoms with E-state index in [0.717, 1.165) is 18.2 Å². The number of methoxy groups -OCH3 is 1. The molecule has 204 valence electrons. The fourth-order valence-electron chi connectivity index (χ4n) is 4.64. The smallest absolute Gasteiger partial charge is 0.330 e. The lowest BCUT2D eigenvalue weighted by Gasteiger charge is -2.44. The minimum Gasteiger partial charge on any atom is -0.466 e. The normalized spacial score (nSPS) is 18.4. The van der Waals surface area contributed by atoms with Gasteiger partial charge in [-0.15, -0.1) is 0 Å². The molecule has 0 bridgehead atoms. The predicted molar refractivity (Wildman–Crippen MR) is 138 cm³/mol. The van der Waals surface area contributed by atoms with E-state index in [9.17, 15) is 19.2 Å². The Morgan fingerprint density at radius 3 is 2.45 bits per heavy atom. The molecule has 2 N–H and O–H groups in total. The number of rotatable bonds is 7. The number of hydrogen-bond acceptors (Lipinski definition) is 6. The fourth-order valence-corrected chi connectivity index (χ4v) is 4.64. The van der Waals surface area contributed by atoms with Crippen LogP contribution in [0, 0.1) is 11.6 Å². The summed E-state index contributed by atoms with van der Waals surface area (Å²) in [6.45, 7) is 6.23. The summed E-state index contributed by atoms with van der Waals surface area (Å²) < 4.78 is 50.5. The van der Waals surface area contributed by atoms with Crippen molar-refractivity contribution in [3.05, 3.63) is 75.9 Å². The minimum absolute atomic E-state index is 0.0460. The van der Waals surface area contributed by atoms with Crippen molar-refractivity contribution in [1.82, 2.24) is 10.2 Å². The van der Waals surface area contributed by atoms with Crippen molar-refractivity contribution in [1.29, 1.82) is 0 Å². The van der Waals surface area contributed by atoms with E-state index in [4.69, 9.17) is 0 Å². The number of hydrogen-bond donors (Lipinski definition) is 2. The molecule has 0 aliphatic carbocycles. The maximum absolute atomic E-state index is 15.6. The molecule has 1 heterocycles. The summed E-state index contributed by atoms with van der Waals surface area (Å²) in [5.74, 6) is -2.76. The zero-order chi connectivity index (χ0) is 28.2. The lowest BCUT2D eigenvalue weighted by atomic mass is 9.82. The van der Waals surface area contributed by atoms with E-state index in [0.29, 0.717) is 23.1 Å². The second-order valence-electron chi connectivity index (χ2n) is 9.87. The van der Waals surface area contributed by atoms with Gasteiger partial charge >= 0.3 is 5.97 Å². The van der Waals surface area contributed by atoms with Crippen LogP contribution < -0.4 is 5.32 Å². The van der Waals surface area contributed by atoms with E-state index in [1.165, 1.54) is 27.0 Å². The Morgan fingerprint density at radius 2 is 1.89 bits per heavy atom. The van der Waals surface area contributed by atoms with Crippen LogP contribution in [0.1, 0.15) is 68.0 Å². The third-order valence-corrected chi connectivity index (χ3v) is 6.35. The highest BCUT2D eigenvalue weighted by Gasteiger charge is 2.39. The highest BCUT2D eigenvalue weighted by atomic mass is 19.1. The molecule has 1 aliphatic heterocycles. The number of oxime groups is 1. The average molecular weight is 532 g/mol. The number of esters is 1. The predicted octanol–water partition coefficient (Wildman–Crippen LogP) is 4.90. The molecule has 0 spiro atoms. The minimum atomic E-state index is -1.65. The van der Waals surface area contributed by atoms with Crippen molar-refractivity contribution in [2.24, 2.45) is 5.16 Å². The van der Waals surface area contributed by atoms with Crippen molar-refractivity contribution in [2.45, 2.75) is 58.3 Å². The third-order valence-electron chi connectivity index (χ3n) is 6.35. The van der Waals surface area contributed by atoms with E-state index in [2.05, 4.69) is 15.2 Å². The Bertz CT molecular complexity index is 1250. The molecule has 0 saturated heterocycles. The van der Waals surface area contributed by atoms with Gasteiger partial charge in [0, 0.05) is 36.2 Å². The molecule has 3 rings (SSSR count). The van der Waals surface area contributed by atoms with Crippen LogP contribution in [0.25, 0.3) is 6.08 Å². The summed E-state index contributed by atoms with van der Waals surface area (Å²) in [4.78, 5) is 25.0. The number of amidine groups is 1. The SMILES string of the molecule is CCC(=O)N/C(=N\O)c1ccc2c(c1)CC(C)N(CC(C)(C)F)C2c1c(F)cc(/C=C/C(=O)OC)cc1F. The first-order chi connectivity index (χ1) is 17.9.